The van der Waals surface area contributed by atoms with Crippen LogP contribution in [0.2, 0.25) is 0 Å². The zero-order chi connectivity index (χ0) is 20.4. The first kappa shape index (κ1) is 19.5. The predicted molar refractivity (Wildman–Crippen MR) is 112 cm³/mol. The maximum absolute atomic E-state index is 13.1. The minimum Gasteiger partial charge on any atom is -0.351 e. The Bertz CT molecular complexity index is 979. The lowest BCUT2D eigenvalue weighted by molar-refractivity contribution is -0.384. The number of carbonyl (C=O) groups excluding carboxylic acids is 1. The summed E-state index contributed by atoms with van der Waals surface area (Å²) < 4.78 is 0. The van der Waals surface area contributed by atoms with Gasteiger partial charge in [0.25, 0.3) is 11.6 Å². The third kappa shape index (κ3) is 4.17. The topological polar surface area (TPSA) is 96.3 Å². The molecular weight excluding hydrogens is 376 g/mol. The number of hydrogen-bond donors (Lipinski definition) is 3. The Kier molecular flexibility index (Phi) is 5.41. The van der Waals surface area contributed by atoms with Crippen molar-refractivity contribution in [2.24, 2.45) is 0 Å². The smallest absolute Gasteiger partial charge is 0.269 e. The van der Waals surface area contributed by atoms with E-state index in [0.717, 1.165) is 11.1 Å². The molecule has 0 aliphatic carbocycles. The largest absolute Gasteiger partial charge is 0.351 e. The maximum atomic E-state index is 13.1. The van der Waals surface area contributed by atoms with Crippen LogP contribution in [0.4, 0.5) is 11.4 Å². The number of nitro groups is 1. The summed E-state index contributed by atoms with van der Waals surface area (Å²) in [6.07, 6.45) is 0. The number of nitro benzene ring substituents is 1. The van der Waals surface area contributed by atoms with Crippen molar-refractivity contribution in [3.05, 3.63) is 80.5 Å². The summed E-state index contributed by atoms with van der Waals surface area (Å²) in [7, 11) is 0. The van der Waals surface area contributed by atoms with E-state index < -0.39 is 11.0 Å². The van der Waals surface area contributed by atoms with Gasteiger partial charge in [0.15, 0.2) is 5.11 Å². The SMILES string of the molecule is CC1=C(C(=O)Nc2cc(C)cc(C)c2)[C@@H](c2ccc([N+](=O)[O-])cc2)NC(=S)N1. The maximum Gasteiger partial charge on any atom is 0.269 e. The Morgan fingerprint density at radius 2 is 1.71 bits per heavy atom. The molecule has 1 amide bonds. The van der Waals surface area contributed by atoms with Crippen LogP contribution in [0, 0.1) is 24.0 Å². The van der Waals surface area contributed by atoms with Gasteiger partial charge in [-0.1, -0.05) is 6.07 Å². The summed E-state index contributed by atoms with van der Waals surface area (Å²) in [5.74, 6) is -0.270. The first-order valence-corrected chi connectivity index (χ1v) is 9.07. The Labute approximate surface area is 168 Å². The molecule has 8 heteroatoms. The van der Waals surface area contributed by atoms with Gasteiger partial charge in [0, 0.05) is 23.5 Å². The minimum absolute atomic E-state index is 0.0119. The second-order valence-electron chi connectivity index (χ2n) is 6.75. The van der Waals surface area contributed by atoms with E-state index in [4.69, 9.17) is 12.2 Å². The highest BCUT2D eigenvalue weighted by Gasteiger charge is 2.30. The van der Waals surface area contributed by atoms with Crippen LogP contribution in [0.1, 0.15) is 29.7 Å². The van der Waals surface area contributed by atoms with Gasteiger partial charge in [0.2, 0.25) is 0 Å². The van der Waals surface area contributed by atoms with Crippen molar-refractivity contribution in [2.45, 2.75) is 26.8 Å². The zero-order valence-electron chi connectivity index (χ0n) is 15.7. The average molecular weight is 396 g/mol. The van der Waals surface area contributed by atoms with Gasteiger partial charge in [-0.25, -0.2) is 0 Å². The number of amides is 1. The van der Waals surface area contributed by atoms with Gasteiger partial charge in [0.05, 0.1) is 16.5 Å². The van der Waals surface area contributed by atoms with E-state index in [0.29, 0.717) is 27.6 Å². The van der Waals surface area contributed by atoms with Crippen LogP contribution < -0.4 is 16.0 Å². The third-order valence-corrected chi connectivity index (χ3v) is 4.65. The van der Waals surface area contributed by atoms with Crippen LogP contribution in [0.5, 0.6) is 0 Å². The fourth-order valence-electron chi connectivity index (χ4n) is 3.28. The number of hydrogen-bond acceptors (Lipinski definition) is 4. The summed E-state index contributed by atoms with van der Waals surface area (Å²) in [5.41, 5.74) is 4.61. The molecule has 2 aromatic carbocycles. The van der Waals surface area contributed by atoms with Gasteiger partial charge in [-0.3, -0.25) is 14.9 Å². The molecule has 144 valence electrons. The number of carbonyl (C=O) groups is 1. The van der Waals surface area contributed by atoms with E-state index >= 15 is 0 Å². The standard InChI is InChI=1S/C20H20N4O3S/c1-11-8-12(2)10-15(9-11)22-19(25)17-13(3)21-20(28)23-18(17)14-4-6-16(7-5-14)24(26)27/h4-10,18H,1-3H3,(H,22,25)(H2,21,23,28)/t18-/m1/s1. The zero-order valence-corrected chi connectivity index (χ0v) is 16.5. The van der Waals surface area contributed by atoms with Crippen molar-refractivity contribution in [3.8, 4) is 0 Å². The summed E-state index contributed by atoms with van der Waals surface area (Å²) in [6.45, 7) is 5.71. The number of benzene rings is 2. The number of nitrogens with one attached hydrogen (secondary N) is 3. The molecule has 0 spiro atoms. The Hall–Kier alpha value is -3.26. The number of nitrogens with zero attached hydrogens (tertiary/aromatic N) is 1. The number of anilines is 1. The van der Waals surface area contributed by atoms with Crippen LogP contribution in [0.15, 0.2) is 53.7 Å². The fraction of sp³-hybridized carbons (Fsp3) is 0.200. The van der Waals surface area contributed by atoms with Crippen molar-refractivity contribution in [1.29, 1.82) is 0 Å². The van der Waals surface area contributed by atoms with E-state index in [2.05, 4.69) is 16.0 Å². The van der Waals surface area contributed by atoms with Crippen molar-refractivity contribution < 1.29 is 9.72 Å². The first-order chi connectivity index (χ1) is 13.2. The molecule has 1 heterocycles. The molecule has 0 fully saturated rings. The van der Waals surface area contributed by atoms with E-state index in [1.54, 1.807) is 19.1 Å². The Morgan fingerprint density at radius 3 is 2.29 bits per heavy atom. The molecule has 0 saturated carbocycles. The number of thiocarbonyl (C=S) groups is 1. The summed E-state index contributed by atoms with van der Waals surface area (Å²) >= 11 is 5.23. The highest BCUT2D eigenvalue weighted by molar-refractivity contribution is 7.80. The number of aryl methyl sites for hydroxylation is 2. The molecule has 2 aromatic rings. The molecule has 1 aliphatic rings. The molecule has 0 radical (unpaired) electrons. The normalized spacial score (nSPS) is 16.2. The minimum atomic E-state index is -0.513. The van der Waals surface area contributed by atoms with E-state index in [9.17, 15) is 14.9 Å². The third-order valence-electron chi connectivity index (χ3n) is 4.43. The van der Waals surface area contributed by atoms with Gasteiger partial charge in [-0.15, -0.1) is 0 Å². The monoisotopic (exact) mass is 396 g/mol. The second kappa shape index (κ2) is 7.77. The quantitative estimate of drug-likeness (QED) is 0.415. The van der Waals surface area contributed by atoms with Crippen molar-refractivity contribution in [2.75, 3.05) is 5.32 Å². The molecule has 28 heavy (non-hydrogen) atoms. The van der Waals surface area contributed by atoms with Gasteiger partial charge < -0.3 is 16.0 Å². The lowest BCUT2D eigenvalue weighted by Gasteiger charge is -2.30. The van der Waals surface area contributed by atoms with E-state index in [-0.39, 0.29) is 11.6 Å². The number of rotatable bonds is 4. The molecular formula is C20H20N4O3S. The molecule has 3 N–H and O–H groups in total. The summed E-state index contributed by atoms with van der Waals surface area (Å²) in [4.78, 5) is 23.5. The van der Waals surface area contributed by atoms with Crippen LogP contribution in [-0.4, -0.2) is 15.9 Å². The molecule has 0 bridgehead atoms. The van der Waals surface area contributed by atoms with Crippen LogP contribution >= 0.6 is 12.2 Å². The van der Waals surface area contributed by atoms with Crippen LogP contribution in [0.3, 0.4) is 0 Å². The molecule has 1 atom stereocenters. The summed E-state index contributed by atoms with van der Waals surface area (Å²) in [6, 6.07) is 11.4. The van der Waals surface area contributed by atoms with Crippen LogP contribution in [0.25, 0.3) is 0 Å². The van der Waals surface area contributed by atoms with Gasteiger partial charge in [-0.05, 0) is 73.9 Å². The molecule has 0 aromatic heterocycles. The average Bonchev–Trinajstić information content (AvgIpc) is 2.60. The highest BCUT2D eigenvalue weighted by Crippen LogP contribution is 2.29. The van der Waals surface area contributed by atoms with Crippen molar-refractivity contribution in [3.63, 3.8) is 0 Å². The second-order valence-corrected chi connectivity index (χ2v) is 7.16. The molecule has 0 unspecified atom stereocenters. The van der Waals surface area contributed by atoms with Crippen molar-refractivity contribution >= 4 is 34.6 Å². The molecule has 3 rings (SSSR count). The summed E-state index contributed by atoms with van der Waals surface area (Å²) in [5, 5.41) is 20.3. The number of non-ortho nitro benzene ring substituents is 1. The number of allylic oxidation sites excluding steroid dienone is 1. The molecule has 7 nitrogen and oxygen atoms in total. The predicted octanol–water partition coefficient (Wildman–Crippen LogP) is 3.64. The van der Waals surface area contributed by atoms with Crippen molar-refractivity contribution in [1.82, 2.24) is 10.6 Å². The highest BCUT2D eigenvalue weighted by atomic mass is 32.1. The lowest BCUT2D eigenvalue weighted by atomic mass is 9.94. The van der Waals surface area contributed by atoms with E-state index in [1.165, 1.54) is 12.1 Å². The first-order valence-electron chi connectivity index (χ1n) is 8.67. The van der Waals surface area contributed by atoms with Gasteiger partial charge in [0.1, 0.15) is 0 Å². The fourth-order valence-corrected chi connectivity index (χ4v) is 3.55. The van der Waals surface area contributed by atoms with Gasteiger partial charge >= 0.3 is 0 Å². The molecule has 0 saturated heterocycles. The van der Waals surface area contributed by atoms with Gasteiger partial charge in [-0.2, -0.15) is 0 Å². The van der Waals surface area contributed by atoms with E-state index in [1.807, 2.05) is 32.0 Å². The lowest BCUT2D eigenvalue weighted by Crippen LogP contribution is -2.45. The Morgan fingerprint density at radius 1 is 1.11 bits per heavy atom. The molecule has 1 aliphatic heterocycles. The van der Waals surface area contributed by atoms with Crippen LogP contribution in [-0.2, 0) is 4.79 Å². The Balaban J connectivity index is 1.94.